The first-order valence-electron chi connectivity index (χ1n) is 6.08. The molecule has 1 atom stereocenters. The molecule has 0 saturated heterocycles. The van der Waals surface area contributed by atoms with Crippen molar-refractivity contribution in [3.05, 3.63) is 49.4 Å². The monoisotopic (exact) mass is 328 g/mol. The van der Waals surface area contributed by atoms with Gasteiger partial charge in [-0.15, -0.1) is 11.3 Å². The Kier molecular flexibility index (Phi) is 4.68. The number of aromatic nitrogens is 1. The highest BCUT2D eigenvalue weighted by Crippen LogP contribution is 2.27. The predicted octanol–water partition coefficient (Wildman–Crippen LogP) is 4.56. The minimum Gasteiger partial charge on any atom is -0.345 e. The number of hydrogen-bond donors (Lipinski definition) is 1. The molecule has 3 nitrogen and oxygen atoms in total. The van der Waals surface area contributed by atoms with Gasteiger partial charge in [-0.2, -0.15) is 0 Å². The molecule has 1 aromatic heterocycles. The van der Waals surface area contributed by atoms with Crippen molar-refractivity contribution in [3.8, 4) is 0 Å². The van der Waals surface area contributed by atoms with Crippen molar-refractivity contribution in [1.82, 2.24) is 10.3 Å². The van der Waals surface area contributed by atoms with E-state index < -0.39 is 0 Å². The predicted molar refractivity (Wildman–Crippen MR) is 83.9 cm³/mol. The quantitative estimate of drug-likeness (QED) is 0.897. The van der Waals surface area contributed by atoms with Crippen molar-refractivity contribution in [1.29, 1.82) is 0 Å². The first-order chi connectivity index (χ1) is 9.38. The van der Waals surface area contributed by atoms with Crippen molar-refractivity contribution in [2.75, 3.05) is 0 Å². The van der Waals surface area contributed by atoms with Crippen LogP contribution in [0, 0.1) is 13.8 Å². The summed E-state index contributed by atoms with van der Waals surface area (Å²) in [5, 5.41) is 4.93. The third-order valence-corrected chi connectivity index (χ3v) is 4.52. The van der Waals surface area contributed by atoms with Gasteiger partial charge in [0.25, 0.3) is 5.91 Å². The Bertz CT molecular complexity index is 655. The third kappa shape index (κ3) is 3.32. The van der Waals surface area contributed by atoms with Gasteiger partial charge < -0.3 is 5.32 Å². The van der Waals surface area contributed by atoms with Crippen LogP contribution < -0.4 is 5.32 Å². The number of nitrogens with one attached hydrogen (secondary N) is 1. The lowest BCUT2D eigenvalue weighted by Crippen LogP contribution is -2.26. The van der Waals surface area contributed by atoms with Gasteiger partial charge in [0.15, 0.2) is 0 Å². The van der Waals surface area contributed by atoms with Gasteiger partial charge in [0.1, 0.15) is 4.88 Å². The van der Waals surface area contributed by atoms with Crippen LogP contribution in [0.15, 0.2) is 18.2 Å². The highest BCUT2D eigenvalue weighted by Gasteiger charge is 2.18. The molecule has 0 aliphatic carbocycles. The van der Waals surface area contributed by atoms with Crippen LogP contribution in [0.25, 0.3) is 0 Å². The van der Waals surface area contributed by atoms with E-state index in [1.807, 2.05) is 26.8 Å². The van der Waals surface area contributed by atoms with Gasteiger partial charge in [-0.25, -0.2) is 4.98 Å². The summed E-state index contributed by atoms with van der Waals surface area (Å²) < 4.78 is 0. The van der Waals surface area contributed by atoms with Gasteiger partial charge in [0.2, 0.25) is 0 Å². The molecule has 20 heavy (non-hydrogen) atoms. The fourth-order valence-corrected chi connectivity index (χ4v) is 3.33. The van der Waals surface area contributed by atoms with E-state index in [2.05, 4.69) is 10.3 Å². The van der Waals surface area contributed by atoms with Crippen LogP contribution >= 0.6 is 34.5 Å². The van der Waals surface area contributed by atoms with Gasteiger partial charge in [-0.05, 0) is 38.5 Å². The molecule has 2 rings (SSSR count). The molecule has 1 aromatic carbocycles. The van der Waals surface area contributed by atoms with Crippen molar-refractivity contribution < 1.29 is 4.79 Å². The molecule has 106 valence electrons. The van der Waals surface area contributed by atoms with E-state index >= 15 is 0 Å². The van der Waals surface area contributed by atoms with Crippen LogP contribution in [0.1, 0.15) is 38.9 Å². The number of amides is 1. The van der Waals surface area contributed by atoms with Gasteiger partial charge in [-0.3, -0.25) is 4.79 Å². The minimum atomic E-state index is -0.200. The Labute approximate surface area is 131 Å². The van der Waals surface area contributed by atoms with Crippen LogP contribution in [-0.2, 0) is 0 Å². The average Bonchev–Trinajstić information content (AvgIpc) is 2.68. The van der Waals surface area contributed by atoms with Crippen LogP contribution in [0.4, 0.5) is 0 Å². The van der Waals surface area contributed by atoms with Gasteiger partial charge in [0.05, 0.1) is 16.7 Å². The smallest absolute Gasteiger partial charge is 0.263 e. The summed E-state index contributed by atoms with van der Waals surface area (Å²) in [6.07, 6.45) is 0. The van der Waals surface area contributed by atoms with Crippen LogP contribution in [0.2, 0.25) is 10.0 Å². The molecule has 0 bridgehead atoms. The second-order valence-electron chi connectivity index (χ2n) is 4.51. The molecule has 0 saturated carbocycles. The molecular weight excluding hydrogens is 315 g/mol. The summed E-state index contributed by atoms with van der Waals surface area (Å²) in [4.78, 5) is 17.1. The van der Waals surface area contributed by atoms with Crippen molar-refractivity contribution >= 4 is 40.4 Å². The lowest BCUT2D eigenvalue weighted by Gasteiger charge is -2.15. The molecule has 1 N–H and O–H groups in total. The molecule has 1 heterocycles. The first-order valence-corrected chi connectivity index (χ1v) is 7.65. The Balaban J connectivity index is 2.17. The molecule has 2 aromatic rings. The number of aryl methyl sites for hydroxylation is 2. The van der Waals surface area contributed by atoms with Gasteiger partial charge in [0, 0.05) is 10.0 Å². The number of hydrogen-bond acceptors (Lipinski definition) is 3. The van der Waals surface area contributed by atoms with E-state index in [0.29, 0.717) is 14.9 Å². The van der Waals surface area contributed by atoms with Gasteiger partial charge in [-0.1, -0.05) is 29.3 Å². The maximum Gasteiger partial charge on any atom is 0.263 e. The molecule has 0 aliphatic rings. The van der Waals surface area contributed by atoms with E-state index in [-0.39, 0.29) is 11.9 Å². The largest absolute Gasteiger partial charge is 0.345 e. The van der Waals surface area contributed by atoms with Crippen molar-refractivity contribution in [2.45, 2.75) is 26.8 Å². The molecule has 0 unspecified atom stereocenters. The van der Waals surface area contributed by atoms with E-state index in [1.165, 1.54) is 11.3 Å². The molecule has 0 fully saturated rings. The Morgan fingerprint density at radius 1 is 1.35 bits per heavy atom. The first kappa shape index (κ1) is 15.3. The second-order valence-corrected chi connectivity index (χ2v) is 6.56. The zero-order valence-corrected chi connectivity index (χ0v) is 13.7. The van der Waals surface area contributed by atoms with E-state index in [9.17, 15) is 4.79 Å². The van der Waals surface area contributed by atoms with E-state index in [1.54, 1.807) is 12.1 Å². The highest BCUT2D eigenvalue weighted by molar-refractivity contribution is 7.13. The molecule has 6 heteroatoms. The number of benzene rings is 1. The molecule has 0 aliphatic heterocycles. The standard InChI is InChI=1S/C14H14Cl2N2OS/c1-7(11-5-4-10(15)6-12(11)16)18-14(19)13-8(2)17-9(3)20-13/h4-7H,1-3H3,(H,18,19)/t7-/m0/s1. The van der Waals surface area contributed by atoms with Gasteiger partial charge >= 0.3 is 0 Å². The van der Waals surface area contributed by atoms with Crippen LogP contribution in [0.5, 0.6) is 0 Å². The molecule has 0 spiro atoms. The molecular formula is C14H14Cl2N2OS. The summed E-state index contributed by atoms with van der Waals surface area (Å²) >= 11 is 13.4. The summed E-state index contributed by atoms with van der Waals surface area (Å²) in [5.74, 6) is -0.133. The third-order valence-electron chi connectivity index (χ3n) is 2.89. The number of carbonyl (C=O) groups is 1. The fourth-order valence-electron chi connectivity index (χ4n) is 1.93. The number of carbonyl (C=O) groups excluding carboxylic acids is 1. The average molecular weight is 329 g/mol. The lowest BCUT2D eigenvalue weighted by atomic mass is 10.1. The van der Waals surface area contributed by atoms with Crippen molar-refractivity contribution in [2.24, 2.45) is 0 Å². The number of halogens is 2. The van der Waals surface area contributed by atoms with E-state index in [0.717, 1.165) is 16.3 Å². The summed E-state index contributed by atoms with van der Waals surface area (Å²) in [5.41, 5.74) is 1.59. The van der Waals surface area contributed by atoms with E-state index in [4.69, 9.17) is 23.2 Å². The topological polar surface area (TPSA) is 42.0 Å². The lowest BCUT2D eigenvalue weighted by molar-refractivity contribution is 0.0943. The SMILES string of the molecule is Cc1nc(C)c(C(=O)N[C@@H](C)c2ccc(Cl)cc2Cl)s1. The summed E-state index contributed by atoms with van der Waals surface area (Å²) in [6.45, 7) is 5.60. The number of thiazole rings is 1. The van der Waals surface area contributed by atoms with Crippen LogP contribution in [0.3, 0.4) is 0 Å². The Morgan fingerprint density at radius 3 is 2.60 bits per heavy atom. The summed E-state index contributed by atoms with van der Waals surface area (Å²) in [7, 11) is 0. The number of nitrogens with zero attached hydrogens (tertiary/aromatic N) is 1. The normalized spacial score (nSPS) is 12.2. The highest BCUT2D eigenvalue weighted by atomic mass is 35.5. The Hall–Kier alpha value is -1.10. The second kappa shape index (κ2) is 6.12. The Morgan fingerprint density at radius 2 is 2.05 bits per heavy atom. The molecule has 1 amide bonds. The minimum absolute atomic E-state index is 0.133. The van der Waals surface area contributed by atoms with Crippen molar-refractivity contribution in [3.63, 3.8) is 0 Å². The molecule has 0 radical (unpaired) electrons. The number of rotatable bonds is 3. The maximum atomic E-state index is 12.2. The zero-order valence-electron chi connectivity index (χ0n) is 11.3. The zero-order chi connectivity index (χ0) is 14.9. The maximum absolute atomic E-state index is 12.2. The van der Waals surface area contributed by atoms with Crippen LogP contribution in [-0.4, -0.2) is 10.9 Å². The fraction of sp³-hybridized carbons (Fsp3) is 0.286. The summed E-state index contributed by atoms with van der Waals surface area (Å²) in [6, 6.07) is 5.05.